The second kappa shape index (κ2) is 9.51. The van der Waals surface area contributed by atoms with E-state index < -0.39 is 10.0 Å². The molecule has 0 fully saturated rings. The Hall–Kier alpha value is -2.54. The largest absolute Gasteiger partial charge is 0.326 e. The van der Waals surface area contributed by atoms with Gasteiger partial charge >= 0.3 is 0 Å². The molecule has 0 bridgehead atoms. The summed E-state index contributed by atoms with van der Waals surface area (Å²) in [6, 6.07) is 18.4. The molecule has 5 nitrogen and oxygen atoms in total. The van der Waals surface area contributed by atoms with Crippen LogP contribution < -0.4 is 10.0 Å². The SMILES string of the molecule is CCc1cccc(NC(=O)Cc2ccc(NS(=O)(=O)c3cc(Cl)cc(Cl)c3)cc2)c1. The van der Waals surface area contributed by atoms with Gasteiger partial charge in [-0.1, -0.05) is 54.4 Å². The van der Waals surface area contributed by atoms with E-state index in [2.05, 4.69) is 17.0 Å². The predicted molar refractivity (Wildman–Crippen MR) is 122 cm³/mol. The molecule has 0 atom stereocenters. The normalized spacial score (nSPS) is 11.2. The van der Waals surface area contributed by atoms with Crippen molar-refractivity contribution in [1.29, 1.82) is 0 Å². The van der Waals surface area contributed by atoms with E-state index in [1.54, 1.807) is 24.3 Å². The fourth-order valence-corrected chi connectivity index (χ4v) is 4.63. The molecule has 156 valence electrons. The molecule has 0 spiro atoms. The third-order valence-electron chi connectivity index (χ3n) is 4.34. The third-order valence-corrected chi connectivity index (χ3v) is 6.13. The molecule has 0 saturated carbocycles. The van der Waals surface area contributed by atoms with Gasteiger partial charge in [0.2, 0.25) is 5.91 Å². The first-order valence-corrected chi connectivity index (χ1v) is 11.5. The average molecular weight is 463 g/mol. The number of carbonyl (C=O) groups is 1. The van der Waals surface area contributed by atoms with Gasteiger partial charge in [0, 0.05) is 21.4 Å². The van der Waals surface area contributed by atoms with Gasteiger partial charge in [-0.25, -0.2) is 8.42 Å². The number of halogens is 2. The minimum Gasteiger partial charge on any atom is -0.326 e. The molecule has 30 heavy (non-hydrogen) atoms. The lowest BCUT2D eigenvalue weighted by atomic mass is 10.1. The molecule has 0 radical (unpaired) electrons. The number of carbonyl (C=O) groups excluding carboxylic acids is 1. The van der Waals surface area contributed by atoms with Gasteiger partial charge in [-0.2, -0.15) is 0 Å². The highest BCUT2D eigenvalue weighted by atomic mass is 35.5. The Bertz CT molecular complexity index is 1140. The first-order valence-electron chi connectivity index (χ1n) is 9.22. The van der Waals surface area contributed by atoms with E-state index in [0.717, 1.165) is 23.2 Å². The van der Waals surface area contributed by atoms with Crippen LogP contribution in [0.2, 0.25) is 10.0 Å². The molecule has 0 aliphatic heterocycles. The zero-order valence-electron chi connectivity index (χ0n) is 16.2. The summed E-state index contributed by atoms with van der Waals surface area (Å²) in [4.78, 5) is 12.3. The van der Waals surface area contributed by atoms with E-state index in [9.17, 15) is 13.2 Å². The van der Waals surface area contributed by atoms with Crippen molar-refractivity contribution in [2.75, 3.05) is 10.0 Å². The van der Waals surface area contributed by atoms with Gasteiger partial charge in [-0.3, -0.25) is 9.52 Å². The Morgan fingerprint density at radius 3 is 2.17 bits per heavy atom. The lowest BCUT2D eigenvalue weighted by molar-refractivity contribution is -0.115. The fourth-order valence-electron chi connectivity index (χ4n) is 2.85. The summed E-state index contributed by atoms with van der Waals surface area (Å²) >= 11 is 11.8. The highest BCUT2D eigenvalue weighted by Gasteiger charge is 2.16. The van der Waals surface area contributed by atoms with Crippen LogP contribution in [0.15, 0.2) is 71.6 Å². The van der Waals surface area contributed by atoms with Crippen LogP contribution in [0.4, 0.5) is 11.4 Å². The lowest BCUT2D eigenvalue weighted by Gasteiger charge is -2.10. The summed E-state index contributed by atoms with van der Waals surface area (Å²) in [6.07, 6.45) is 1.07. The lowest BCUT2D eigenvalue weighted by Crippen LogP contribution is -2.15. The Morgan fingerprint density at radius 1 is 0.867 bits per heavy atom. The molecule has 0 saturated heterocycles. The summed E-state index contributed by atoms with van der Waals surface area (Å²) < 4.78 is 27.5. The maximum Gasteiger partial charge on any atom is 0.261 e. The molecule has 0 heterocycles. The van der Waals surface area contributed by atoms with Crippen LogP contribution in [-0.4, -0.2) is 14.3 Å². The smallest absolute Gasteiger partial charge is 0.261 e. The minimum absolute atomic E-state index is 0.0298. The molecule has 1 amide bonds. The van der Waals surface area contributed by atoms with Gasteiger partial charge in [0.25, 0.3) is 10.0 Å². The van der Waals surface area contributed by atoms with E-state index in [1.807, 2.05) is 24.3 Å². The molecule has 0 aliphatic carbocycles. The van der Waals surface area contributed by atoms with Crippen molar-refractivity contribution in [3.8, 4) is 0 Å². The van der Waals surface area contributed by atoms with Crippen molar-refractivity contribution in [3.63, 3.8) is 0 Å². The second-order valence-electron chi connectivity index (χ2n) is 6.69. The first-order chi connectivity index (χ1) is 14.2. The summed E-state index contributed by atoms with van der Waals surface area (Å²) in [5, 5.41) is 3.34. The van der Waals surface area contributed by atoms with E-state index in [1.165, 1.54) is 18.2 Å². The number of amides is 1. The van der Waals surface area contributed by atoms with E-state index in [-0.39, 0.29) is 27.3 Å². The van der Waals surface area contributed by atoms with E-state index in [0.29, 0.717) is 5.69 Å². The molecule has 2 N–H and O–H groups in total. The standard InChI is InChI=1S/C22H20Cl2N2O3S/c1-2-15-4-3-5-20(10-15)25-22(27)11-16-6-8-19(9-7-16)26-30(28,29)21-13-17(23)12-18(24)14-21/h3-10,12-14,26H,2,11H2,1H3,(H,25,27). The van der Waals surface area contributed by atoms with Crippen molar-refractivity contribution < 1.29 is 13.2 Å². The zero-order valence-corrected chi connectivity index (χ0v) is 18.5. The van der Waals surface area contributed by atoms with E-state index in [4.69, 9.17) is 23.2 Å². The number of nitrogens with one attached hydrogen (secondary N) is 2. The van der Waals surface area contributed by atoms with E-state index >= 15 is 0 Å². The van der Waals surface area contributed by atoms with Crippen LogP contribution in [-0.2, 0) is 27.7 Å². The van der Waals surface area contributed by atoms with Crippen molar-refractivity contribution in [2.24, 2.45) is 0 Å². The molecular formula is C22H20Cl2N2O3S. The van der Waals surface area contributed by atoms with Crippen LogP contribution in [0, 0.1) is 0 Å². The molecule has 8 heteroatoms. The van der Waals surface area contributed by atoms with Crippen LogP contribution >= 0.6 is 23.2 Å². The summed E-state index contributed by atoms with van der Waals surface area (Å²) in [7, 11) is -3.84. The Balaban J connectivity index is 1.65. The number of sulfonamides is 1. The number of rotatable bonds is 7. The van der Waals surface area contributed by atoms with Gasteiger partial charge in [-0.15, -0.1) is 0 Å². The molecule has 0 aromatic heterocycles. The maximum atomic E-state index is 12.5. The quantitative estimate of drug-likeness (QED) is 0.483. The Kier molecular flexibility index (Phi) is 7.02. The summed E-state index contributed by atoms with van der Waals surface area (Å²) in [5.74, 6) is -0.148. The van der Waals surface area contributed by atoms with Crippen LogP contribution in [0.5, 0.6) is 0 Å². The maximum absolute atomic E-state index is 12.5. The highest BCUT2D eigenvalue weighted by Crippen LogP contribution is 2.24. The molecule has 0 unspecified atom stereocenters. The van der Waals surface area contributed by atoms with Gasteiger partial charge < -0.3 is 5.32 Å². The van der Waals surface area contributed by atoms with Crippen LogP contribution in [0.25, 0.3) is 0 Å². The second-order valence-corrected chi connectivity index (χ2v) is 9.24. The number of anilines is 2. The topological polar surface area (TPSA) is 75.3 Å². The number of hydrogen-bond acceptors (Lipinski definition) is 3. The van der Waals surface area contributed by atoms with Gasteiger partial charge in [0.05, 0.1) is 11.3 Å². The number of hydrogen-bond donors (Lipinski definition) is 2. The van der Waals surface area contributed by atoms with Crippen LogP contribution in [0.3, 0.4) is 0 Å². The highest BCUT2D eigenvalue weighted by molar-refractivity contribution is 7.92. The Labute approximate surface area is 186 Å². The monoisotopic (exact) mass is 462 g/mol. The van der Waals surface area contributed by atoms with Crippen molar-refractivity contribution in [3.05, 3.63) is 87.9 Å². The summed E-state index contributed by atoms with van der Waals surface area (Å²) in [5.41, 5.74) is 3.02. The van der Waals surface area contributed by atoms with Crippen LogP contribution in [0.1, 0.15) is 18.1 Å². The Morgan fingerprint density at radius 2 is 1.53 bits per heavy atom. The predicted octanol–water partition coefficient (Wildman–Crippen LogP) is 5.54. The molecule has 3 rings (SSSR count). The van der Waals surface area contributed by atoms with Crippen molar-refractivity contribution in [2.45, 2.75) is 24.7 Å². The summed E-state index contributed by atoms with van der Waals surface area (Å²) in [6.45, 7) is 2.05. The van der Waals surface area contributed by atoms with Crippen molar-refractivity contribution >= 4 is 50.5 Å². The molecule has 3 aromatic carbocycles. The zero-order chi connectivity index (χ0) is 21.7. The number of benzene rings is 3. The number of aryl methyl sites for hydroxylation is 1. The fraction of sp³-hybridized carbons (Fsp3) is 0.136. The first kappa shape index (κ1) is 22.2. The van der Waals surface area contributed by atoms with Gasteiger partial charge in [0.1, 0.15) is 0 Å². The minimum atomic E-state index is -3.84. The van der Waals surface area contributed by atoms with Crippen molar-refractivity contribution in [1.82, 2.24) is 0 Å². The third kappa shape index (κ3) is 5.98. The molecular weight excluding hydrogens is 443 g/mol. The molecule has 0 aliphatic rings. The van der Waals surface area contributed by atoms with Gasteiger partial charge in [-0.05, 0) is 60.0 Å². The molecule has 3 aromatic rings. The average Bonchev–Trinajstić information content (AvgIpc) is 2.68. The van der Waals surface area contributed by atoms with Gasteiger partial charge in [0.15, 0.2) is 0 Å².